The fourth-order valence-corrected chi connectivity index (χ4v) is 4.22. The molecule has 1 saturated heterocycles. The fourth-order valence-electron chi connectivity index (χ4n) is 4.22. The first kappa shape index (κ1) is 27.0. The number of amides is 3. The number of ether oxygens (including phenoxy) is 1. The van der Waals surface area contributed by atoms with Crippen LogP contribution in [0.15, 0.2) is 48.5 Å². The highest BCUT2D eigenvalue weighted by atomic mass is 16.5. The number of carbonyl (C=O) groups is 2. The molecule has 1 aliphatic rings. The van der Waals surface area contributed by atoms with Crippen molar-refractivity contribution in [3.05, 3.63) is 54.1 Å². The van der Waals surface area contributed by atoms with Crippen LogP contribution in [-0.2, 0) is 11.8 Å². The van der Waals surface area contributed by atoms with Crippen LogP contribution in [0.4, 0.5) is 22.0 Å². The van der Waals surface area contributed by atoms with Gasteiger partial charge < -0.3 is 30.5 Å². The molecule has 0 aliphatic carbocycles. The lowest BCUT2D eigenvalue weighted by Gasteiger charge is -2.27. The first-order valence-corrected chi connectivity index (χ1v) is 13.0. The minimum Gasteiger partial charge on any atom is -0.378 e. The number of hydrogen-bond acceptors (Lipinski definition) is 9. The van der Waals surface area contributed by atoms with Gasteiger partial charge in [-0.15, -0.1) is 5.10 Å². The third kappa shape index (κ3) is 6.33. The Labute approximate surface area is 231 Å². The summed E-state index contributed by atoms with van der Waals surface area (Å²) >= 11 is 0. The molecule has 0 radical (unpaired) electrons. The molecule has 0 atom stereocenters. The zero-order chi connectivity index (χ0) is 28.1. The van der Waals surface area contributed by atoms with E-state index in [-0.39, 0.29) is 5.91 Å². The summed E-state index contributed by atoms with van der Waals surface area (Å²) in [5.41, 5.74) is 3.80. The number of hydrogen-bond donors (Lipinski definition) is 3. The number of urea groups is 1. The van der Waals surface area contributed by atoms with Gasteiger partial charge in [-0.2, -0.15) is 0 Å². The topological polar surface area (TPSA) is 142 Å². The second kappa shape index (κ2) is 12.1. The molecule has 13 nitrogen and oxygen atoms in total. The van der Waals surface area contributed by atoms with Crippen molar-refractivity contribution >= 4 is 40.3 Å². The Bertz CT molecular complexity index is 1480. The van der Waals surface area contributed by atoms with Crippen LogP contribution < -0.4 is 20.9 Å². The molecule has 2 aromatic heterocycles. The third-order valence-electron chi connectivity index (χ3n) is 6.39. The number of likely N-dealkylation sites (N-methyl/N-ethyl adjacent to an activating group) is 1. The van der Waals surface area contributed by atoms with Crippen LogP contribution in [0.2, 0.25) is 0 Å². The van der Waals surface area contributed by atoms with Gasteiger partial charge in [0.1, 0.15) is 0 Å². The Morgan fingerprint density at radius 1 is 0.950 bits per heavy atom. The van der Waals surface area contributed by atoms with E-state index in [2.05, 4.69) is 36.1 Å². The number of benzene rings is 2. The maximum Gasteiger partial charge on any atom is 0.323 e. The van der Waals surface area contributed by atoms with E-state index in [9.17, 15) is 9.59 Å². The van der Waals surface area contributed by atoms with Gasteiger partial charge in [-0.25, -0.2) is 19.4 Å². The van der Waals surface area contributed by atoms with E-state index in [4.69, 9.17) is 9.72 Å². The van der Waals surface area contributed by atoms with Crippen LogP contribution in [0, 0.1) is 0 Å². The summed E-state index contributed by atoms with van der Waals surface area (Å²) in [6.45, 7) is 4.00. The number of morpholine rings is 1. The molecule has 2 aromatic carbocycles. The summed E-state index contributed by atoms with van der Waals surface area (Å²) in [5, 5.41) is 16.9. The van der Waals surface area contributed by atoms with Gasteiger partial charge in [0.2, 0.25) is 0 Å². The van der Waals surface area contributed by atoms with E-state index >= 15 is 0 Å². The minimum atomic E-state index is -0.399. The lowest BCUT2D eigenvalue weighted by Crippen LogP contribution is -2.37. The Hall–Kier alpha value is -4.62. The molecule has 5 rings (SSSR count). The molecule has 0 saturated carbocycles. The second-order valence-corrected chi connectivity index (χ2v) is 9.65. The molecule has 13 heteroatoms. The van der Waals surface area contributed by atoms with Crippen molar-refractivity contribution in [2.45, 2.75) is 0 Å². The van der Waals surface area contributed by atoms with Crippen molar-refractivity contribution in [2.75, 3.05) is 69.0 Å². The minimum absolute atomic E-state index is 0.155. The number of nitrogens with one attached hydrogen (secondary N) is 3. The van der Waals surface area contributed by atoms with Gasteiger partial charge in [-0.3, -0.25) is 4.79 Å². The predicted octanol–water partition coefficient (Wildman–Crippen LogP) is 2.20. The Morgan fingerprint density at radius 3 is 2.25 bits per heavy atom. The van der Waals surface area contributed by atoms with Gasteiger partial charge in [0.05, 0.1) is 13.2 Å². The summed E-state index contributed by atoms with van der Waals surface area (Å²) in [6.07, 6.45) is 0. The summed E-state index contributed by atoms with van der Waals surface area (Å²) in [5.74, 6) is 1.12. The number of aryl methyl sites for hydroxylation is 1. The van der Waals surface area contributed by atoms with Crippen LogP contribution in [0.5, 0.6) is 0 Å². The van der Waals surface area contributed by atoms with Crippen LogP contribution in [-0.4, -0.2) is 95.3 Å². The van der Waals surface area contributed by atoms with Gasteiger partial charge in [0, 0.05) is 55.7 Å². The zero-order valence-electron chi connectivity index (χ0n) is 22.7. The number of nitrogens with zero attached hydrogens (tertiary/aromatic N) is 7. The Morgan fingerprint density at radius 2 is 1.60 bits per heavy atom. The standard InChI is InChI=1S/C27H32N10O3/c1-35(2)13-12-28-26(38)19-6-10-21(11-7-19)30-27(39)29-20-8-4-18(5-9-20)23-31-24-22(33-34-36(24)3)25(32-23)37-14-16-40-17-15-37/h4-11H,12-17H2,1-3H3,(H,28,38)(H2,29,30,39). The van der Waals surface area contributed by atoms with Crippen molar-refractivity contribution < 1.29 is 14.3 Å². The highest BCUT2D eigenvalue weighted by Crippen LogP contribution is 2.27. The van der Waals surface area contributed by atoms with Gasteiger partial charge in [-0.05, 0) is 62.6 Å². The largest absolute Gasteiger partial charge is 0.378 e. The van der Waals surface area contributed by atoms with Gasteiger partial charge >= 0.3 is 6.03 Å². The SMILES string of the molecule is CN(C)CCNC(=O)c1ccc(NC(=O)Nc2ccc(-c3nc(N4CCOCC4)c4nnn(C)c4n3)cc2)cc1. The molecule has 3 N–H and O–H groups in total. The average molecular weight is 545 g/mol. The Kier molecular flexibility index (Phi) is 8.12. The molecule has 208 valence electrons. The molecule has 3 amide bonds. The van der Waals surface area contributed by atoms with E-state index in [1.165, 1.54) is 0 Å². The van der Waals surface area contributed by atoms with Gasteiger partial charge in [0.15, 0.2) is 22.8 Å². The van der Waals surface area contributed by atoms with Crippen LogP contribution in [0.25, 0.3) is 22.6 Å². The van der Waals surface area contributed by atoms with Gasteiger partial charge in [0.25, 0.3) is 5.91 Å². The number of fused-ring (bicyclic) bond motifs is 1. The van der Waals surface area contributed by atoms with Crippen molar-refractivity contribution in [1.29, 1.82) is 0 Å². The average Bonchev–Trinajstić information content (AvgIpc) is 3.34. The summed E-state index contributed by atoms with van der Waals surface area (Å²) in [6, 6.07) is 13.6. The highest BCUT2D eigenvalue weighted by Gasteiger charge is 2.21. The molecule has 0 spiro atoms. The molecular formula is C27H32N10O3. The lowest BCUT2D eigenvalue weighted by molar-refractivity contribution is 0.0951. The number of aromatic nitrogens is 5. The summed E-state index contributed by atoms with van der Waals surface area (Å²) < 4.78 is 7.12. The van der Waals surface area contributed by atoms with E-state index in [0.717, 1.165) is 17.9 Å². The first-order chi connectivity index (χ1) is 19.4. The Balaban J connectivity index is 1.23. The third-order valence-corrected chi connectivity index (χ3v) is 6.39. The van der Waals surface area contributed by atoms with E-state index in [0.29, 0.717) is 66.8 Å². The number of anilines is 3. The molecule has 0 unspecified atom stereocenters. The maximum atomic E-state index is 12.6. The van der Waals surface area contributed by atoms with Crippen LogP contribution in [0.3, 0.4) is 0 Å². The molecule has 4 aromatic rings. The molecule has 1 fully saturated rings. The van der Waals surface area contributed by atoms with Crippen molar-refractivity contribution in [3.63, 3.8) is 0 Å². The first-order valence-electron chi connectivity index (χ1n) is 13.0. The summed E-state index contributed by atoms with van der Waals surface area (Å²) in [4.78, 5) is 38.4. The van der Waals surface area contributed by atoms with E-state index in [1.807, 2.05) is 31.1 Å². The maximum absolute atomic E-state index is 12.6. The molecule has 0 bridgehead atoms. The molecule has 1 aliphatic heterocycles. The molecule has 3 heterocycles. The van der Waals surface area contributed by atoms with Crippen molar-refractivity contribution in [1.82, 2.24) is 35.2 Å². The van der Waals surface area contributed by atoms with Crippen LogP contribution in [0.1, 0.15) is 10.4 Å². The monoisotopic (exact) mass is 544 g/mol. The van der Waals surface area contributed by atoms with Crippen molar-refractivity contribution in [2.24, 2.45) is 7.05 Å². The fraction of sp³-hybridized carbons (Fsp3) is 0.333. The smallest absolute Gasteiger partial charge is 0.323 e. The van der Waals surface area contributed by atoms with Crippen molar-refractivity contribution in [3.8, 4) is 11.4 Å². The van der Waals surface area contributed by atoms with E-state index in [1.54, 1.807) is 48.1 Å². The number of carbonyl (C=O) groups excluding carboxylic acids is 2. The number of rotatable bonds is 8. The summed E-state index contributed by atoms with van der Waals surface area (Å²) in [7, 11) is 5.70. The van der Waals surface area contributed by atoms with Crippen LogP contribution >= 0.6 is 0 Å². The quantitative estimate of drug-likeness (QED) is 0.304. The van der Waals surface area contributed by atoms with E-state index < -0.39 is 6.03 Å². The lowest BCUT2D eigenvalue weighted by atomic mass is 10.2. The highest BCUT2D eigenvalue weighted by molar-refractivity contribution is 6.00. The predicted molar refractivity (Wildman–Crippen MR) is 153 cm³/mol. The van der Waals surface area contributed by atoms with Gasteiger partial charge in [-0.1, -0.05) is 5.21 Å². The normalized spacial score (nSPS) is 13.4. The molecule has 40 heavy (non-hydrogen) atoms. The molecular weight excluding hydrogens is 512 g/mol. The second-order valence-electron chi connectivity index (χ2n) is 9.65. The zero-order valence-corrected chi connectivity index (χ0v) is 22.7.